The van der Waals surface area contributed by atoms with Crippen molar-refractivity contribution >= 4 is 11.8 Å². The smallest absolute Gasteiger partial charge is 0.0622 e. The largest absolute Gasteiger partial charge is 0.381 e. The number of rotatable bonds is 7. The van der Waals surface area contributed by atoms with Gasteiger partial charge in [-0.2, -0.15) is 0 Å². The monoisotopic (exact) mass is 349 g/mol. The fourth-order valence-corrected chi connectivity index (χ4v) is 4.63. The number of thioether (sulfide) groups is 1. The van der Waals surface area contributed by atoms with E-state index in [0.717, 1.165) is 26.1 Å². The summed E-state index contributed by atoms with van der Waals surface area (Å²) >= 11 is 1.97. The van der Waals surface area contributed by atoms with Gasteiger partial charge in [0.25, 0.3) is 0 Å². The Balaban J connectivity index is 1.32. The minimum Gasteiger partial charge on any atom is -0.381 e. The predicted octanol–water partition coefficient (Wildman–Crippen LogP) is 4.22. The molecule has 1 aromatic rings. The molecule has 1 atom stereocenters. The topological polar surface area (TPSA) is 21.7 Å². The third kappa shape index (κ3) is 5.76. The van der Waals surface area contributed by atoms with Crippen molar-refractivity contribution in [1.82, 2.24) is 4.90 Å². The Bertz CT molecular complexity index is 456. The molecule has 0 aliphatic carbocycles. The summed E-state index contributed by atoms with van der Waals surface area (Å²) < 4.78 is 11.7. The third-order valence-corrected chi connectivity index (χ3v) is 6.25. The first kappa shape index (κ1) is 18.2. The van der Waals surface area contributed by atoms with Crippen molar-refractivity contribution in [2.24, 2.45) is 0 Å². The van der Waals surface area contributed by atoms with Crippen LogP contribution in [0.1, 0.15) is 39.0 Å². The maximum atomic E-state index is 6.29. The Morgan fingerprint density at radius 1 is 1.08 bits per heavy atom. The van der Waals surface area contributed by atoms with Gasteiger partial charge in [-0.05, 0) is 56.9 Å². The van der Waals surface area contributed by atoms with Gasteiger partial charge in [0.2, 0.25) is 0 Å². The average Bonchev–Trinajstić information content (AvgIpc) is 2.64. The van der Waals surface area contributed by atoms with Gasteiger partial charge in [-0.15, -0.1) is 11.8 Å². The number of piperidine rings is 1. The van der Waals surface area contributed by atoms with E-state index < -0.39 is 0 Å². The lowest BCUT2D eigenvalue weighted by atomic mass is 10.0. The first-order valence-electron chi connectivity index (χ1n) is 9.46. The first-order chi connectivity index (χ1) is 11.8. The Labute approximate surface area is 151 Å². The summed E-state index contributed by atoms with van der Waals surface area (Å²) in [7, 11) is 0. The van der Waals surface area contributed by atoms with Crippen molar-refractivity contribution < 1.29 is 9.47 Å². The molecule has 2 aliphatic rings. The molecular weight excluding hydrogens is 318 g/mol. The molecule has 0 amide bonds. The molecule has 0 spiro atoms. The van der Waals surface area contributed by atoms with Gasteiger partial charge in [0, 0.05) is 37.2 Å². The Morgan fingerprint density at radius 3 is 2.46 bits per heavy atom. The lowest BCUT2D eigenvalue weighted by Crippen LogP contribution is -2.43. The van der Waals surface area contributed by atoms with Crippen LogP contribution in [-0.2, 0) is 9.47 Å². The molecule has 1 unspecified atom stereocenters. The fourth-order valence-electron chi connectivity index (χ4n) is 3.58. The SMILES string of the molecule is CC(CCSc1ccccc1)N1CCC(OC2CCOCC2)CC1. The molecule has 3 nitrogen and oxygen atoms in total. The van der Waals surface area contributed by atoms with E-state index in [1.54, 1.807) is 0 Å². The van der Waals surface area contributed by atoms with E-state index in [1.807, 2.05) is 11.8 Å². The lowest BCUT2D eigenvalue weighted by molar-refractivity contribution is -0.0868. The maximum Gasteiger partial charge on any atom is 0.0622 e. The van der Waals surface area contributed by atoms with Crippen LogP contribution < -0.4 is 0 Å². The van der Waals surface area contributed by atoms with Crippen molar-refractivity contribution in [2.45, 2.75) is 62.2 Å². The van der Waals surface area contributed by atoms with Crippen LogP contribution in [-0.4, -0.2) is 55.2 Å². The molecule has 0 bridgehead atoms. The number of likely N-dealkylation sites (tertiary alicyclic amines) is 1. The minimum absolute atomic E-state index is 0.440. The van der Waals surface area contributed by atoms with Crippen molar-refractivity contribution in [1.29, 1.82) is 0 Å². The standard InChI is InChI=1S/C20H31NO2S/c1-17(11-16-24-20-5-3-2-4-6-20)21-12-7-18(8-13-21)23-19-9-14-22-15-10-19/h2-6,17-19H,7-16H2,1H3. The Morgan fingerprint density at radius 2 is 1.75 bits per heavy atom. The molecule has 0 N–H and O–H groups in total. The molecule has 24 heavy (non-hydrogen) atoms. The van der Waals surface area contributed by atoms with Crippen molar-refractivity contribution in [2.75, 3.05) is 32.1 Å². The van der Waals surface area contributed by atoms with Crippen molar-refractivity contribution in [3.05, 3.63) is 30.3 Å². The highest BCUT2D eigenvalue weighted by atomic mass is 32.2. The summed E-state index contributed by atoms with van der Waals surface area (Å²) in [4.78, 5) is 4.03. The second-order valence-electron chi connectivity index (χ2n) is 6.98. The molecule has 4 heteroatoms. The molecule has 2 aliphatic heterocycles. The lowest BCUT2D eigenvalue weighted by Gasteiger charge is -2.37. The van der Waals surface area contributed by atoms with E-state index in [9.17, 15) is 0 Å². The normalized spacial score (nSPS) is 22.5. The predicted molar refractivity (Wildman–Crippen MR) is 101 cm³/mol. The van der Waals surface area contributed by atoms with Crippen molar-refractivity contribution in [3.8, 4) is 0 Å². The summed E-state index contributed by atoms with van der Waals surface area (Å²) in [5.74, 6) is 1.20. The van der Waals surface area contributed by atoms with Crippen LogP contribution in [0.15, 0.2) is 35.2 Å². The van der Waals surface area contributed by atoms with Gasteiger partial charge >= 0.3 is 0 Å². The van der Waals surface area contributed by atoms with Gasteiger partial charge in [0.05, 0.1) is 12.2 Å². The van der Waals surface area contributed by atoms with E-state index in [-0.39, 0.29) is 0 Å². The van der Waals surface area contributed by atoms with Gasteiger partial charge in [0.1, 0.15) is 0 Å². The molecule has 3 rings (SSSR count). The second kappa shape index (κ2) is 9.81. The van der Waals surface area contributed by atoms with Gasteiger partial charge in [-0.3, -0.25) is 0 Å². The van der Waals surface area contributed by atoms with E-state index in [2.05, 4.69) is 42.2 Å². The minimum atomic E-state index is 0.440. The van der Waals surface area contributed by atoms with Gasteiger partial charge in [-0.1, -0.05) is 18.2 Å². The van der Waals surface area contributed by atoms with Crippen LogP contribution in [0.3, 0.4) is 0 Å². The van der Waals surface area contributed by atoms with Crippen molar-refractivity contribution in [3.63, 3.8) is 0 Å². The van der Waals surface area contributed by atoms with Gasteiger partial charge in [-0.25, -0.2) is 0 Å². The number of hydrogen-bond donors (Lipinski definition) is 0. The number of benzene rings is 1. The molecule has 1 aromatic carbocycles. The molecule has 0 aromatic heterocycles. The van der Waals surface area contributed by atoms with Crippen LogP contribution in [0.5, 0.6) is 0 Å². The molecule has 2 heterocycles. The maximum absolute atomic E-state index is 6.29. The summed E-state index contributed by atoms with van der Waals surface area (Å²) in [6.45, 7) is 6.50. The van der Waals surface area contributed by atoms with Crippen LogP contribution in [0.4, 0.5) is 0 Å². The average molecular weight is 350 g/mol. The molecule has 134 valence electrons. The summed E-state index contributed by atoms with van der Waals surface area (Å²) in [6.07, 6.45) is 6.69. The highest BCUT2D eigenvalue weighted by Crippen LogP contribution is 2.23. The quantitative estimate of drug-likeness (QED) is 0.687. The van der Waals surface area contributed by atoms with Gasteiger partial charge in [0.15, 0.2) is 0 Å². The molecule has 0 saturated carbocycles. The Kier molecular flexibility index (Phi) is 7.46. The first-order valence-corrected chi connectivity index (χ1v) is 10.4. The summed E-state index contributed by atoms with van der Waals surface area (Å²) in [5.41, 5.74) is 0. The van der Waals surface area contributed by atoms with Crippen LogP contribution in [0.25, 0.3) is 0 Å². The van der Waals surface area contributed by atoms with Crippen LogP contribution in [0, 0.1) is 0 Å². The summed E-state index contributed by atoms with van der Waals surface area (Å²) in [5, 5.41) is 0. The zero-order valence-corrected chi connectivity index (χ0v) is 15.7. The molecule has 2 saturated heterocycles. The van der Waals surface area contributed by atoms with E-state index >= 15 is 0 Å². The van der Waals surface area contributed by atoms with E-state index in [4.69, 9.17) is 9.47 Å². The third-order valence-electron chi connectivity index (χ3n) is 5.20. The zero-order chi connectivity index (χ0) is 16.6. The van der Waals surface area contributed by atoms with Crippen LogP contribution in [0.2, 0.25) is 0 Å². The molecular formula is C20H31NO2S. The highest BCUT2D eigenvalue weighted by molar-refractivity contribution is 7.99. The molecule has 0 radical (unpaired) electrons. The zero-order valence-electron chi connectivity index (χ0n) is 14.9. The fraction of sp³-hybridized carbons (Fsp3) is 0.700. The second-order valence-corrected chi connectivity index (χ2v) is 8.15. The Hall–Kier alpha value is -0.550. The highest BCUT2D eigenvalue weighted by Gasteiger charge is 2.26. The van der Waals surface area contributed by atoms with Crippen LogP contribution >= 0.6 is 11.8 Å². The molecule has 2 fully saturated rings. The number of hydrogen-bond acceptors (Lipinski definition) is 4. The summed E-state index contributed by atoms with van der Waals surface area (Å²) in [6, 6.07) is 11.4. The van der Waals surface area contributed by atoms with Gasteiger partial charge < -0.3 is 14.4 Å². The number of ether oxygens (including phenoxy) is 2. The van der Waals surface area contributed by atoms with E-state index in [1.165, 1.54) is 43.0 Å². The van der Waals surface area contributed by atoms with E-state index in [0.29, 0.717) is 18.2 Å². The number of nitrogens with zero attached hydrogens (tertiary/aromatic N) is 1.